The van der Waals surface area contributed by atoms with Gasteiger partial charge >= 0.3 is 0 Å². The highest BCUT2D eigenvalue weighted by Gasteiger charge is 2.34. The number of amides is 1. The van der Waals surface area contributed by atoms with E-state index in [0.29, 0.717) is 25.1 Å². The number of hydrogen-bond acceptors (Lipinski definition) is 4. The van der Waals surface area contributed by atoms with Gasteiger partial charge in [-0.2, -0.15) is 4.31 Å². The van der Waals surface area contributed by atoms with E-state index in [0.717, 1.165) is 11.1 Å². The molecule has 178 valence electrons. The molecule has 8 heteroatoms. The van der Waals surface area contributed by atoms with Crippen molar-refractivity contribution in [3.05, 3.63) is 95.0 Å². The predicted octanol–water partition coefficient (Wildman–Crippen LogP) is 4.66. The SMILES string of the molecule is COc1ccc(S(=O)(=O)N2CCC[C@@H](C(=O)NC(c3ccccc3)c3ccccc3)C2)cc1Cl. The number of piperidine rings is 1. The van der Waals surface area contributed by atoms with Crippen LogP contribution in [0.5, 0.6) is 5.75 Å². The number of halogens is 1. The Morgan fingerprint density at radius 1 is 1.03 bits per heavy atom. The van der Waals surface area contributed by atoms with Gasteiger partial charge in [-0.1, -0.05) is 72.3 Å². The van der Waals surface area contributed by atoms with Crippen LogP contribution in [0.25, 0.3) is 0 Å². The average Bonchev–Trinajstić information content (AvgIpc) is 2.88. The molecule has 1 amide bonds. The molecule has 0 spiro atoms. The van der Waals surface area contributed by atoms with Gasteiger partial charge in [-0.3, -0.25) is 4.79 Å². The van der Waals surface area contributed by atoms with E-state index in [2.05, 4.69) is 5.32 Å². The van der Waals surface area contributed by atoms with E-state index >= 15 is 0 Å². The molecular weight excluding hydrogens is 472 g/mol. The molecule has 1 fully saturated rings. The Balaban J connectivity index is 1.53. The molecule has 0 unspecified atom stereocenters. The first-order valence-corrected chi connectivity index (χ1v) is 13.0. The number of rotatable bonds is 7. The van der Waals surface area contributed by atoms with E-state index in [1.165, 1.54) is 29.6 Å². The number of ether oxygens (including phenoxy) is 1. The summed E-state index contributed by atoms with van der Waals surface area (Å²) in [5, 5.41) is 3.38. The number of carbonyl (C=O) groups is 1. The molecule has 0 aromatic heterocycles. The second-order valence-electron chi connectivity index (χ2n) is 8.26. The maximum Gasteiger partial charge on any atom is 0.243 e. The molecule has 0 radical (unpaired) electrons. The second-order valence-corrected chi connectivity index (χ2v) is 10.6. The molecule has 6 nitrogen and oxygen atoms in total. The van der Waals surface area contributed by atoms with Gasteiger partial charge in [0.05, 0.1) is 29.0 Å². The molecule has 1 aliphatic heterocycles. The van der Waals surface area contributed by atoms with Crippen LogP contribution in [0.3, 0.4) is 0 Å². The zero-order chi connectivity index (χ0) is 24.1. The number of hydrogen-bond donors (Lipinski definition) is 1. The number of nitrogens with one attached hydrogen (secondary N) is 1. The quantitative estimate of drug-likeness (QED) is 0.514. The first-order chi connectivity index (χ1) is 16.4. The minimum Gasteiger partial charge on any atom is -0.495 e. The second kappa shape index (κ2) is 10.6. The van der Waals surface area contributed by atoms with Gasteiger partial charge in [0.2, 0.25) is 15.9 Å². The molecule has 34 heavy (non-hydrogen) atoms. The zero-order valence-corrected chi connectivity index (χ0v) is 20.4. The van der Waals surface area contributed by atoms with Crippen molar-refractivity contribution >= 4 is 27.5 Å². The summed E-state index contributed by atoms with van der Waals surface area (Å²) in [5.74, 6) is -0.207. The van der Waals surface area contributed by atoms with Gasteiger partial charge in [-0.15, -0.1) is 0 Å². The van der Waals surface area contributed by atoms with Crippen molar-refractivity contribution in [3.8, 4) is 5.75 Å². The Morgan fingerprint density at radius 3 is 2.21 bits per heavy atom. The summed E-state index contributed by atoms with van der Waals surface area (Å²) in [4.78, 5) is 13.4. The van der Waals surface area contributed by atoms with E-state index in [-0.39, 0.29) is 28.4 Å². The van der Waals surface area contributed by atoms with Gasteiger partial charge in [0.15, 0.2) is 0 Å². The van der Waals surface area contributed by atoms with Gasteiger partial charge in [0.25, 0.3) is 0 Å². The fraction of sp³-hybridized carbons (Fsp3) is 0.269. The van der Waals surface area contributed by atoms with Crippen LogP contribution < -0.4 is 10.1 Å². The van der Waals surface area contributed by atoms with Crippen molar-refractivity contribution in [3.63, 3.8) is 0 Å². The van der Waals surface area contributed by atoms with Crippen LogP contribution >= 0.6 is 11.6 Å². The zero-order valence-electron chi connectivity index (χ0n) is 18.9. The Morgan fingerprint density at radius 2 is 1.65 bits per heavy atom. The minimum absolute atomic E-state index is 0.0887. The summed E-state index contributed by atoms with van der Waals surface area (Å²) < 4.78 is 33.0. The molecule has 0 bridgehead atoms. The van der Waals surface area contributed by atoms with Gasteiger partial charge in [-0.05, 0) is 42.2 Å². The Labute approximate surface area is 205 Å². The number of carbonyl (C=O) groups excluding carboxylic acids is 1. The molecular formula is C26H27ClN2O4S. The Kier molecular flexibility index (Phi) is 7.56. The monoisotopic (exact) mass is 498 g/mol. The van der Waals surface area contributed by atoms with Gasteiger partial charge in [0, 0.05) is 13.1 Å². The highest BCUT2D eigenvalue weighted by Crippen LogP contribution is 2.31. The Hall–Kier alpha value is -2.87. The summed E-state index contributed by atoms with van der Waals surface area (Å²) in [5.41, 5.74) is 1.94. The molecule has 3 aromatic rings. The molecule has 1 heterocycles. The molecule has 4 rings (SSSR count). The number of methoxy groups -OCH3 is 1. The molecule has 0 saturated carbocycles. The van der Waals surface area contributed by atoms with Crippen molar-refractivity contribution in [1.29, 1.82) is 0 Å². The van der Waals surface area contributed by atoms with Crippen LogP contribution in [-0.2, 0) is 14.8 Å². The van der Waals surface area contributed by atoms with Crippen molar-refractivity contribution in [2.75, 3.05) is 20.2 Å². The van der Waals surface area contributed by atoms with Crippen LogP contribution in [0.2, 0.25) is 5.02 Å². The molecule has 1 N–H and O–H groups in total. The molecule has 1 saturated heterocycles. The number of benzene rings is 3. The standard InChI is InChI=1S/C26H27ClN2O4S/c1-33-24-15-14-22(17-23(24)27)34(31,32)29-16-8-13-21(18-29)26(30)28-25(19-9-4-2-5-10-19)20-11-6-3-7-12-20/h2-7,9-12,14-15,17,21,25H,8,13,16,18H2,1H3,(H,28,30)/t21-/m1/s1. The summed E-state index contributed by atoms with van der Waals surface area (Å²) in [6.45, 7) is 0.477. The van der Waals surface area contributed by atoms with Crippen molar-refractivity contribution in [1.82, 2.24) is 9.62 Å². The summed E-state index contributed by atoms with van der Waals surface area (Å²) in [6.07, 6.45) is 1.22. The van der Waals surface area contributed by atoms with Gasteiger partial charge in [0.1, 0.15) is 5.75 Å². The minimum atomic E-state index is -3.80. The predicted molar refractivity (Wildman–Crippen MR) is 132 cm³/mol. The van der Waals surface area contributed by atoms with Crippen molar-refractivity contribution in [2.24, 2.45) is 5.92 Å². The third kappa shape index (κ3) is 5.27. The van der Waals surface area contributed by atoms with E-state index in [1.54, 1.807) is 0 Å². The van der Waals surface area contributed by atoms with Crippen LogP contribution in [0, 0.1) is 5.92 Å². The van der Waals surface area contributed by atoms with E-state index < -0.39 is 15.9 Å². The average molecular weight is 499 g/mol. The van der Waals surface area contributed by atoms with E-state index in [4.69, 9.17) is 16.3 Å². The molecule has 1 aliphatic rings. The fourth-order valence-corrected chi connectivity index (χ4v) is 6.11. The highest BCUT2D eigenvalue weighted by molar-refractivity contribution is 7.89. The first kappa shape index (κ1) is 24.3. The topological polar surface area (TPSA) is 75.7 Å². The first-order valence-electron chi connectivity index (χ1n) is 11.1. The largest absolute Gasteiger partial charge is 0.495 e. The van der Waals surface area contributed by atoms with Crippen molar-refractivity contribution < 1.29 is 17.9 Å². The third-order valence-corrected chi connectivity index (χ3v) is 8.22. The lowest BCUT2D eigenvalue weighted by Gasteiger charge is -2.32. The molecule has 3 aromatic carbocycles. The van der Waals surface area contributed by atoms with Crippen molar-refractivity contribution in [2.45, 2.75) is 23.8 Å². The lowest BCUT2D eigenvalue weighted by molar-refractivity contribution is -0.126. The lowest BCUT2D eigenvalue weighted by atomic mass is 9.95. The summed E-state index contributed by atoms with van der Waals surface area (Å²) in [7, 11) is -2.32. The van der Waals surface area contributed by atoms with Crippen LogP contribution in [0.1, 0.15) is 30.0 Å². The maximum absolute atomic E-state index is 13.3. The Bertz CT molecular complexity index is 1200. The number of sulfonamides is 1. The maximum atomic E-state index is 13.3. The smallest absolute Gasteiger partial charge is 0.243 e. The van der Waals surface area contributed by atoms with Gasteiger partial charge in [-0.25, -0.2) is 8.42 Å². The van der Waals surface area contributed by atoms with Crippen LogP contribution in [0.4, 0.5) is 0 Å². The fourth-order valence-electron chi connectivity index (χ4n) is 4.24. The number of nitrogens with zero attached hydrogens (tertiary/aromatic N) is 1. The van der Waals surface area contributed by atoms with E-state index in [1.807, 2.05) is 60.7 Å². The van der Waals surface area contributed by atoms with Crippen LogP contribution in [0.15, 0.2) is 83.8 Å². The molecule has 0 aliphatic carbocycles. The highest BCUT2D eigenvalue weighted by atomic mass is 35.5. The lowest BCUT2D eigenvalue weighted by Crippen LogP contribution is -2.46. The van der Waals surface area contributed by atoms with E-state index in [9.17, 15) is 13.2 Å². The summed E-state index contributed by atoms with van der Waals surface area (Å²) >= 11 is 6.16. The summed E-state index contributed by atoms with van der Waals surface area (Å²) in [6, 6.07) is 23.6. The van der Waals surface area contributed by atoms with Crippen LogP contribution in [-0.4, -0.2) is 38.8 Å². The normalized spacial score (nSPS) is 16.9. The third-order valence-electron chi connectivity index (χ3n) is 6.07. The molecule has 1 atom stereocenters. The van der Waals surface area contributed by atoms with Gasteiger partial charge < -0.3 is 10.1 Å².